The summed E-state index contributed by atoms with van der Waals surface area (Å²) in [5.41, 5.74) is -0.0163. The summed E-state index contributed by atoms with van der Waals surface area (Å²) in [4.78, 5) is 11.1. The van der Waals surface area contributed by atoms with Crippen LogP contribution in [0.1, 0.15) is 11.1 Å². The maximum absolute atomic E-state index is 12.3. The van der Waals surface area contributed by atoms with E-state index in [1.54, 1.807) is 11.6 Å². The van der Waals surface area contributed by atoms with Crippen molar-refractivity contribution in [1.82, 2.24) is 4.57 Å². The summed E-state index contributed by atoms with van der Waals surface area (Å²) in [7, 11) is 0. The average molecular weight is 259 g/mol. The molecule has 0 saturated carbocycles. The number of halogens is 3. The zero-order chi connectivity index (χ0) is 12.5. The first-order chi connectivity index (χ1) is 7.97. The molecule has 0 bridgehead atoms. The molecule has 2 aromatic rings. The molecule has 1 aromatic carbocycles. The van der Waals surface area contributed by atoms with Gasteiger partial charge in [-0.2, -0.15) is 13.2 Å². The van der Waals surface area contributed by atoms with Gasteiger partial charge in [-0.1, -0.05) is 23.5 Å². The van der Waals surface area contributed by atoms with Crippen LogP contribution in [0.3, 0.4) is 0 Å². The highest BCUT2D eigenvalue weighted by atomic mass is 32.1. The molecule has 90 valence electrons. The van der Waals surface area contributed by atoms with Crippen LogP contribution in [0, 0.1) is 0 Å². The highest BCUT2D eigenvalue weighted by molar-refractivity contribution is 7.07. The fourth-order valence-corrected chi connectivity index (χ4v) is 1.99. The largest absolute Gasteiger partial charge is 0.416 e. The van der Waals surface area contributed by atoms with E-state index in [1.807, 2.05) is 0 Å². The molecule has 0 atom stereocenters. The van der Waals surface area contributed by atoms with Crippen LogP contribution in [0.2, 0.25) is 0 Å². The molecule has 0 N–H and O–H groups in total. The highest BCUT2D eigenvalue weighted by Crippen LogP contribution is 2.29. The molecule has 2 rings (SSSR count). The highest BCUT2D eigenvalue weighted by Gasteiger charge is 2.29. The second kappa shape index (κ2) is 4.37. The smallest absolute Gasteiger partial charge is 0.302 e. The second-order valence-corrected chi connectivity index (χ2v) is 4.35. The minimum Gasteiger partial charge on any atom is -0.302 e. The zero-order valence-corrected chi connectivity index (χ0v) is 9.39. The third-order valence-electron chi connectivity index (χ3n) is 2.28. The van der Waals surface area contributed by atoms with Crippen molar-refractivity contribution in [3.8, 4) is 0 Å². The lowest BCUT2D eigenvalue weighted by Gasteiger charge is -2.07. The van der Waals surface area contributed by atoms with E-state index in [1.165, 1.54) is 16.7 Å². The van der Waals surface area contributed by atoms with E-state index >= 15 is 0 Å². The van der Waals surface area contributed by atoms with Gasteiger partial charge in [0.15, 0.2) is 0 Å². The summed E-state index contributed by atoms with van der Waals surface area (Å²) < 4.78 is 38.4. The average Bonchev–Trinajstić information content (AvgIpc) is 2.64. The molecule has 1 heterocycles. The first-order valence-electron chi connectivity index (χ1n) is 4.77. The van der Waals surface area contributed by atoms with Gasteiger partial charge in [-0.05, 0) is 17.7 Å². The van der Waals surface area contributed by atoms with Crippen molar-refractivity contribution in [1.29, 1.82) is 0 Å². The van der Waals surface area contributed by atoms with Gasteiger partial charge in [0.05, 0.1) is 12.1 Å². The van der Waals surface area contributed by atoms with Crippen LogP contribution in [0.5, 0.6) is 0 Å². The van der Waals surface area contributed by atoms with Crippen LogP contribution in [-0.2, 0) is 12.7 Å². The molecular weight excluding hydrogens is 251 g/mol. The normalized spacial score (nSPS) is 11.7. The van der Waals surface area contributed by atoms with Crippen molar-refractivity contribution in [3.05, 3.63) is 56.6 Å². The van der Waals surface area contributed by atoms with Gasteiger partial charge in [0.2, 0.25) is 0 Å². The lowest BCUT2D eigenvalue weighted by molar-refractivity contribution is -0.137. The molecule has 0 aliphatic carbocycles. The van der Waals surface area contributed by atoms with Crippen LogP contribution in [0.15, 0.2) is 40.6 Å². The molecule has 0 fully saturated rings. The SMILES string of the molecule is O=c1sccn1Cc1ccc(C(F)(F)F)cc1. The quantitative estimate of drug-likeness (QED) is 0.812. The molecule has 2 nitrogen and oxygen atoms in total. The predicted molar refractivity (Wildman–Crippen MR) is 59.1 cm³/mol. The van der Waals surface area contributed by atoms with Crippen LogP contribution in [-0.4, -0.2) is 4.57 Å². The summed E-state index contributed by atoms with van der Waals surface area (Å²) in [6.07, 6.45) is -2.71. The molecule has 0 amide bonds. The fraction of sp³-hybridized carbons (Fsp3) is 0.182. The Morgan fingerprint density at radius 2 is 1.82 bits per heavy atom. The Morgan fingerprint density at radius 3 is 2.29 bits per heavy atom. The number of nitrogens with zero attached hydrogens (tertiary/aromatic N) is 1. The summed E-state index contributed by atoms with van der Waals surface area (Å²) in [5, 5.41) is 1.65. The minimum atomic E-state index is -4.32. The minimum absolute atomic E-state index is 0.120. The lowest BCUT2D eigenvalue weighted by Crippen LogP contribution is -2.12. The Morgan fingerprint density at radius 1 is 1.18 bits per heavy atom. The number of alkyl halides is 3. The number of hydrogen-bond donors (Lipinski definition) is 0. The third kappa shape index (κ3) is 2.76. The van der Waals surface area contributed by atoms with E-state index in [0.29, 0.717) is 12.1 Å². The molecule has 0 aliphatic rings. The molecule has 1 aromatic heterocycles. The fourth-order valence-electron chi connectivity index (χ4n) is 1.40. The van der Waals surface area contributed by atoms with Crippen molar-refractivity contribution in [2.45, 2.75) is 12.7 Å². The molecule has 0 unspecified atom stereocenters. The molecule has 17 heavy (non-hydrogen) atoms. The van der Waals surface area contributed by atoms with Crippen molar-refractivity contribution in [3.63, 3.8) is 0 Å². The Kier molecular flexibility index (Phi) is 3.06. The van der Waals surface area contributed by atoms with Crippen LogP contribution < -0.4 is 4.87 Å². The number of rotatable bonds is 2. The molecule has 0 saturated heterocycles. The Hall–Kier alpha value is -1.56. The molecular formula is C11H8F3NOS. The van der Waals surface area contributed by atoms with E-state index in [4.69, 9.17) is 0 Å². The van der Waals surface area contributed by atoms with Crippen LogP contribution >= 0.6 is 11.3 Å². The topological polar surface area (TPSA) is 22.0 Å². The summed E-state index contributed by atoms with van der Waals surface area (Å²) >= 11 is 1.06. The maximum atomic E-state index is 12.3. The van der Waals surface area contributed by atoms with Crippen LogP contribution in [0.25, 0.3) is 0 Å². The monoisotopic (exact) mass is 259 g/mol. The van der Waals surface area contributed by atoms with E-state index in [9.17, 15) is 18.0 Å². The zero-order valence-electron chi connectivity index (χ0n) is 8.57. The molecule has 6 heteroatoms. The van der Waals surface area contributed by atoms with E-state index in [0.717, 1.165) is 23.5 Å². The Balaban J connectivity index is 2.20. The first kappa shape index (κ1) is 11.9. The first-order valence-corrected chi connectivity index (χ1v) is 5.65. The van der Waals surface area contributed by atoms with Crippen molar-refractivity contribution in [2.24, 2.45) is 0 Å². The van der Waals surface area contributed by atoms with Gasteiger partial charge in [0.25, 0.3) is 0 Å². The number of aromatic nitrogens is 1. The van der Waals surface area contributed by atoms with Gasteiger partial charge >= 0.3 is 11.0 Å². The van der Waals surface area contributed by atoms with Crippen molar-refractivity contribution >= 4 is 11.3 Å². The number of hydrogen-bond acceptors (Lipinski definition) is 2. The van der Waals surface area contributed by atoms with Gasteiger partial charge in [-0.25, -0.2) is 0 Å². The molecule has 0 radical (unpaired) electrons. The van der Waals surface area contributed by atoms with Gasteiger partial charge < -0.3 is 4.57 Å². The maximum Gasteiger partial charge on any atom is 0.416 e. The molecule has 0 spiro atoms. The van der Waals surface area contributed by atoms with Gasteiger partial charge in [-0.3, -0.25) is 4.79 Å². The lowest BCUT2D eigenvalue weighted by atomic mass is 10.1. The van der Waals surface area contributed by atoms with Gasteiger partial charge in [-0.15, -0.1) is 0 Å². The standard InChI is InChI=1S/C11H8F3NOS/c12-11(13,14)9-3-1-8(2-4-9)7-15-5-6-17-10(15)16/h1-6H,7H2. The van der Waals surface area contributed by atoms with Crippen molar-refractivity contribution < 1.29 is 13.2 Å². The molecule has 0 aliphatic heterocycles. The van der Waals surface area contributed by atoms with Crippen molar-refractivity contribution in [2.75, 3.05) is 0 Å². The Bertz CT molecular complexity index is 553. The van der Waals surface area contributed by atoms with E-state index in [-0.39, 0.29) is 4.87 Å². The van der Waals surface area contributed by atoms with Crippen LogP contribution in [0.4, 0.5) is 13.2 Å². The van der Waals surface area contributed by atoms with Gasteiger partial charge in [0, 0.05) is 11.6 Å². The summed E-state index contributed by atoms with van der Waals surface area (Å²) in [5.74, 6) is 0. The van der Waals surface area contributed by atoms with Gasteiger partial charge in [0.1, 0.15) is 0 Å². The summed E-state index contributed by atoms with van der Waals surface area (Å²) in [6, 6.07) is 4.80. The van der Waals surface area contributed by atoms with E-state index in [2.05, 4.69) is 0 Å². The number of thiazole rings is 1. The number of benzene rings is 1. The summed E-state index contributed by atoms with van der Waals surface area (Å²) in [6.45, 7) is 0.292. The Labute approximate surface area is 98.9 Å². The second-order valence-electron chi connectivity index (χ2n) is 3.49. The van der Waals surface area contributed by atoms with E-state index < -0.39 is 11.7 Å². The predicted octanol–water partition coefficient (Wildman–Crippen LogP) is 2.98. The third-order valence-corrected chi connectivity index (χ3v) is 2.97.